The predicted octanol–water partition coefficient (Wildman–Crippen LogP) is 3.93. The topological polar surface area (TPSA) is 0 Å². The van der Waals surface area contributed by atoms with Crippen molar-refractivity contribution in [3.8, 4) is 0 Å². The van der Waals surface area contributed by atoms with E-state index < -0.39 is 0 Å². The van der Waals surface area contributed by atoms with Gasteiger partial charge < -0.3 is 0 Å². The van der Waals surface area contributed by atoms with Crippen LogP contribution in [-0.2, 0) is 6.42 Å². The van der Waals surface area contributed by atoms with Crippen molar-refractivity contribution in [2.24, 2.45) is 0 Å². The highest BCUT2D eigenvalue weighted by Crippen LogP contribution is 2.09. The smallest absolute Gasteiger partial charge is 0.0406 e. The van der Waals surface area contributed by atoms with E-state index in [0.29, 0.717) is 0 Å². The van der Waals surface area contributed by atoms with Crippen LogP contribution in [0.5, 0.6) is 0 Å². The molecule has 0 spiro atoms. The second-order valence-electron chi connectivity index (χ2n) is 1.98. The van der Waals surface area contributed by atoms with Crippen molar-refractivity contribution in [2.45, 2.75) is 27.2 Å². The fraction of sp³-hybridized carbons (Fsp3) is 0.400. The Kier molecular flexibility index (Phi) is 5.96. The van der Waals surface area contributed by atoms with Gasteiger partial charge in [0.1, 0.15) is 0 Å². The van der Waals surface area contributed by atoms with Gasteiger partial charge >= 0.3 is 0 Å². The SMILES string of the molecule is CC.CCc1ccc(Cl)cc1. The van der Waals surface area contributed by atoms with Crippen molar-refractivity contribution in [2.75, 3.05) is 0 Å². The zero-order valence-corrected chi connectivity index (χ0v) is 8.15. The first-order valence-electron chi connectivity index (χ1n) is 4.07. The second kappa shape index (κ2) is 6.23. The van der Waals surface area contributed by atoms with Gasteiger partial charge in [-0.1, -0.05) is 44.5 Å². The lowest BCUT2D eigenvalue weighted by atomic mass is 10.2. The van der Waals surface area contributed by atoms with Crippen molar-refractivity contribution >= 4 is 11.6 Å². The van der Waals surface area contributed by atoms with Gasteiger partial charge in [0, 0.05) is 5.02 Å². The summed E-state index contributed by atoms with van der Waals surface area (Å²) in [4.78, 5) is 0. The molecule has 0 amide bonds. The summed E-state index contributed by atoms with van der Waals surface area (Å²) in [6.45, 7) is 6.13. The van der Waals surface area contributed by atoms with Gasteiger partial charge in [0.15, 0.2) is 0 Å². The molecule has 11 heavy (non-hydrogen) atoms. The molecule has 0 nitrogen and oxygen atoms in total. The van der Waals surface area contributed by atoms with Crippen molar-refractivity contribution in [3.63, 3.8) is 0 Å². The Morgan fingerprint density at radius 2 is 1.55 bits per heavy atom. The fourth-order valence-corrected chi connectivity index (χ4v) is 0.846. The summed E-state index contributed by atoms with van der Waals surface area (Å²) in [5, 5.41) is 0.812. The average molecular weight is 171 g/mol. The Morgan fingerprint density at radius 1 is 1.09 bits per heavy atom. The molecule has 0 bridgehead atoms. The van der Waals surface area contributed by atoms with E-state index in [2.05, 4.69) is 6.92 Å². The molecule has 1 heteroatoms. The predicted molar refractivity (Wildman–Crippen MR) is 52.2 cm³/mol. The fourth-order valence-electron chi connectivity index (χ4n) is 0.720. The van der Waals surface area contributed by atoms with Gasteiger partial charge in [-0.2, -0.15) is 0 Å². The van der Waals surface area contributed by atoms with Gasteiger partial charge in [-0.05, 0) is 24.1 Å². The molecular formula is C10H15Cl. The van der Waals surface area contributed by atoms with Crippen molar-refractivity contribution < 1.29 is 0 Å². The average Bonchev–Trinajstić information content (AvgIpc) is 2.10. The van der Waals surface area contributed by atoms with Gasteiger partial charge in [-0.15, -0.1) is 0 Å². The zero-order valence-electron chi connectivity index (χ0n) is 7.39. The van der Waals surface area contributed by atoms with Gasteiger partial charge in [0.25, 0.3) is 0 Å². The van der Waals surface area contributed by atoms with Gasteiger partial charge in [0.05, 0.1) is 0 Å². The number of hydrogen-bond donors (Lipinski definition) is 0. The molecule has 0 aliphatic carbocycles. The minimum atomic E-state index is 0.812. The molecule has 62 valence electrons. The number of aryl methyl sites for hydroxylation is 1. The molecule has 0 fully saturated rings. The van der Waals surface area contributed by atoms with Crippen LogP contribution in [0.3, 0.4) is 0 Å². The van der Waals surface area contributed by atoms with E-state index in [1.165, 1.54) is 5.56 Å². The number of hydrogen-bond acceptors (Lipinski definition) is 0. The van der Waals surface area contributed by atoms with Gasteiger partial charge in [-0.3, -0.25) is 0 Å². The zero-order chi connectivity index (χ0) is 8.69. The molecule has 0 aliphatic heterocycles. The standard InChI is InChI=1S/C8H9Cl.C2H6/c1-2-7-3-5-8(9)6-4-7;1-2/h3-6H,2H2,1H3;1-2H3. The molecule has 0 saturated heterocycles. The summed E-state index contributed by atoms with van der Waals surface area (Å²) in [6, 6.07) is 7.92. The van der Waals surface area contributed by atoms with Crippen LogP contribution in [-0.4, -0.2) is 0 Å². The molecule has 0 atom stereocenters. The van der Waals surface area contributed by atoms with E-state index in [1.807, 2.05) is 38.1 Å². The van der Waals surface area contributed by atoms with Crippen LogP contribution in [0.4, 0.5) is 0 Å². The summed E-state index contributed by atoms with van der Waals surface area (Å²) in [5.74, 6) is 0. The molecule has 0 heterocycles. The molecule has 0 aromatic heterocycles. The van der Waals surface area contributed by atoms with Crippen LogP contribution in [0.15, 0.2) is 24.3 Å². The van der Waals surface area contributed by atoms with E-state index in [0.717, 1.165) is 11.4 Å². The van der Waals surface area contributed by atoms with Crippen molar-refractivity contribution in [1.82, 2.24) is 0 Å². The third-order valence-corrected chi connectivity index (χ3v) is 1.57. The molecule has 1 rings (SSSR count). The first kappa shape index (κ1) is 10.5. The number of benzene rings is 1. The lowest BCUT2D eigenvalue weighted by molar-refractivity contribution is 1.14. The molecule has 0 saturated carbocycles. The minimum Gasteiger partial charge on any atom is -0.0843 e. The maximum absolute atomic E-state index is 5.67. The van der Waals surface area contributed by atoms with E-state index in [4.69, 9.17) is 11.6 Å². The maximum Gasteiger partial charge on any atom is 0.0406 e. The third-order valence-electron chi connectivity index (χ3n) is 1.32. The van der Waals surface area contributed by atoms with Crippen molar-refractivity contribution in [3.05, 3.63) is 34.9 Å². The third kappa shape index (κ3) is 4.05. The van der Waals surface area contributed by atoms with Crippen LogP contribution in [0.25, 0.3) is 0 Å². The molecule has 1 aromatic carbocycles. The van der Waals surface area contributed by atoms with Crippen LogP contribution in [0.1, 0.15) is 26.3 Å². The lowest BCUT2D eigenvalue weighted by Gasteiger charge is -1.93. The Bertz CT molecular complexity index is 177. The molecule has 0 unspecified atom stereocenters. The van der Waals surface area contributed by atoms with Crippen LogP contribution in [0, 0.1) is 0 Å². The minimum absolute atomic E-state index is 0.812. The van der Waals surface area contributed by atoms with E-state index in [9.17, 15) is 0 Å². The molecule has 0 radical (unpaired) electrons. The summed E-state index contributed by atoms with van der Waals surface area (Å²) in [5.41, 5.74) is 1.33. The number of rotatable bonds is 1. The van der Waals surface area contributed by atoms with Crippen LogP contribution >= 0.6 is 11.6 Å². The van der Waals surface area contributed by atoms with E-state index in [-0.39, 0.29) is 0 Å². The lowest BCUT2D eigenvalue weighted by Crippen LogP contribution is -1.75. The monoisotopic (exact) mass is 170 g/mol. The quantitative estimate of drug-likeness (QED) is 0.599. The molecule has 0 N–H and O–H groups in total. The largest absolute Gasteiger partial charge is 0.0843 e. The maximum atomic E-state index is 5.67. The first-order valence-corrected chi connectivity index (χ1v) is 4.45. The van der Waals surface area contributed by atoms with Crippen molar-refractivity contribution in [1.29, 1.82) is 0 Å². The summed E-state index contributed by atoms with van der Waals surface area (Å²) < 4.78 is 0. The summed E-state index contributed by atoms with van der Waals surface area (Å²) >= 11 is 5.67. The van der Waals surface area contributed by atoms with Crippen LogP contribution in [0.2, 0.25) is 5.02 Å². The molecular weight excluding hydrogens is 156 g/mol. The van der Waals surface area contributed by atoms with Gasteiger partial charge in [0.2, 0.25) is 0 Å². The van der Waals surface area contributed by atoms with E-state index >= 15 is 0 Å². The Hall–Kier alpha value is -0.490. The Labute approximate surface area is 74.2 Å². The number of halogens is 1. The first-order chi connectivity index (χ1) is 5.33. The van der Waals surface area contributed by atoms with Crippen LogP contribution < -0.4 is 0 Å². The molecule has 1 aromatic rings. The second-order valence-corrected chi connectivity index (χ2v) is 2.42. The highest BCUT2D eigenvalue weighted by molar-refractivity contribution is 6.30. The molecule has 0 aliphatic rings. The summed E-state index contributed by atoms with van der Waals surface area (Å²) in [6.07, 6.45) is 1.08. The van der Waals surface area contributed by atoms with Gasteiger partial charge in [-0.25, -0.2) is 0 Å². The van der Waals surface area contributed by atoms with E-state index in [1.54, 1.807) is 0 Å². The Balaban J connectivity index is 0.000000461. The normalized spacial score (nSPS) is 8.36. The summed E-state index contributed by atoms with van der Waals surface area (Å²) in [7, 11) is 0. The Morgan fingerprint density at radius 3 is 1.91 bits per heavy atom. The highest BCUT2D eigenvalue weighted by atomic mass is 35.5. The highest BCUT2D eigenvalue weighted by Gasteiger charge is 1.86.